The molecule has 2 unspecified atom stereocenters. The fourth-order valence-electron chi connectivity index (χ4n) is 5.00. The molecule has 0 radical (unpaired) electrons. The van der Waals surface area contributed by atoms with Gasteiger partial charge in [-0.3, -0.25) is 10.1 Å². The molecule has 1 N–H and O–H groups in total. The van der Waals surface area contributed by atoms with Gasteiger partial charge in [0.05, 0.1) is 11.4 Å². The smallest absolute Gasteiger partial charge is 0.179 e. The lowest BCUT2D eigenvalue weighted by atomic mass is 9.61. The maximum absolute atomic E-state index is 13.0. The number of nitriles is 1. The molecule has 1 saturated heterocycles. The van der Waals surface area contributed by atoms with Crippen molar-refractivity contribution < 1.29 is 4.79 Å². The Balaban J connectivity index is 1.29. The summed E-state index contributed by atoms with van der Waals surface area (Å²) in [6, 6.07) is 5.79. The predicted molar refractivity (Wildman–Crippen MR) is 124 cm³/mol. The van der Waals surface area contributed by atoms with Gasteiger partial charge in [0.1, 0.15) is 0 Å². The van der Waals surface area contributed by atoms with E-state index < -0.39 is 0 Å². The second-order valence-corrected chi connectivity index (χ2v) is 10.9. The van der Waals surface area contributed by atoms with Gasteiger partial charge < -0.3 is 4.90 Å². The molecule has 2 atom stereocenters. The number of nitrogens with zero attached hydrogens (tertiary/aromatic N) is 2. The summed E-state index contributed by atoms with van der Waals surface area (Å²) < 4.78 is 0. The average molecular weight is 464 g/mol. The van der Waals surface area contributed by atoms with Crippen LogP contribution in [0.5, 0.6) is 0 Å². The van der Waals surface area contributed by atoms with E-state index in [-0.39, 0.29) is 17.2 Å². The van der Waals surface area contributed by atoms with Crippen molar-refractivity contribution >= 4 is 40.7 Å². The number of hydrogen-bond acceptors (Lipinski definition) is 5. The summed E-state index contributed by atoms with van der Waals surface area (Å²) in [4.78, 5) is 14.7. The quantitative estimate of drug-likeness (QED) is 0.343. The first kappa shape index (κ1) is 22.0. The summed E-state index contributed by atoms with van der Waals surface area (Å²) >= 11 is 14.1. The molecule has 3 aliphatic rings. The highest BCUT2D eigenvalue weighted by molar-refractivity contribution is 7.99. The van der Waals surface area contributed by atoms with Gasteiger partial charge in [0, 0.05) is 35.3 Å². The minimum absolute atomic E-state index is 0.0270. The molecule has 160 valence electrons. The molecule has 1 aliphatic heterocycles. The molecule has 2 aliphatic carbocycles. The molecule has 0 bridgehead atoms. The second-order valence-electron chi connectivity index (χ2n) is 8.92. The third-order valence-corrected chi connectivity index (χ3v) is 8.76. The Morgan fingerprint density at radius 1 is 1.37 bits per heavy atom. The zero-order valence-electron chi connectivity index (χ0n) is 17.2. The molecule has 4 rings (SSSR count). The first-order valence-electron chi connectivity index (χ1n) is 10.5. The Kier molecular flexibility index (Phi) is 6.70. The van der Waals surface area contributed by atoms with Crippen LogP contribution in [0.25, 0.3) is 0 Å². The summed E-state index contributed by atoms with van der Waals surface area (Å²) in [5.41, 5.74) is 2.64. The van der Waals surface area contributed by atoms with E-state index in [4.69, 9.17) is 28.5 Å². The number of nitrogens with one attached hydrogen (secondary N) is 1. The summed E-state index contributed by atoms with van der Waals surface area (Å²) in [6.45, 7) is 0. The Bertz CT molecular complexity index is 891. The Labute approximate surface area is 193 Å². The van der Waals surface area contributed by atoms with Crippen molar-refractivity contribution in [2.45, 2.75) is 62.4 Å². The first-order valence-corrected chi connectivity index (χ1v) is 12.4. The second kappa shape index (κ2) is 9.12. The molecule has 1 aromatic rings. The molecule has 1 spiro atoms. The number of thioether (sulfide) groups is 1. The fourth-order valence-corrected chi connectivity index (χ4v) is 6.89. The zero-order valence-corrected chi connectivity index (χ0v) is 19.5. The molecule has 4 nitrogen and oxygen atoms in total. The zero-order chi connectivity index (χ0) is 21.3. The van der Waals surface area contributed by atoms with Crippen molar-refractivity contribution in [3.63, 3.8) is 0 Å². The molecular formula is C23H27Cl2N3OS. The molecule has 1 aromatic carbocycles. The van der Waals surface area contributed by atoms with Gasteiger partial charge in [0.2, 0.25) is 0 Å². The van der Waals surface area contributed by atoms with Crippen LogP contribution in [-0.4, -0.2) is 35.6 Å². The van der Waals surface area contributed by atoms with Crippen LogP contribution in [0, 0.1) is 16.9 Å². The van der Waals surface area contributed by atoms with Crippen LogP contribution in [0.1, 0.15) is 55.9 Å². The van der Waals surface area contributed by atoms with E-state index in [1.54, 1.807) is 22.7 Å². The Morgan fingerprint density at radius 3 is 2.90 bits per heavy atom. The Morgan fingerprint density at radius 2 is 2.17 bits per heavy atom. The van der Waals surface area contributed by atoms with Gasteiger partial charge in [-0.2, -0.15) is 5.26 Å². The number of hydrogen-bond donors (Lipinski definition) is 1. The van der Waals surface area contributed by atoms with Gasteiger partial charge >= 0.3 is 0 Å². The van der Waals surface area contributed by atoms with E-state index in [0.29, 0.717) is 27.9 Å². The van der Waals surface area contributed by atoms with Crippen molar-refractivity contribution in [3.05, 3.63) is 45.5 Å². The normalized spacial score (nSPS) is 30.9. The third-order valence-electron chi connectivity index (χ3n) is 6.94. The molecule has 0 amide bonds. The van der Waals surface area contributed by atoms with E-state index >= 15 is 0 Å². The fraction of sp³-hybridized carbons (Fsp3) is 0.565. The van der Waals surface area contributed by atoms with E-state index in [1.165, 1.54) is 12.0 Å². The van der Waals surface area contributed by atoms with Crippen molar-refractivity contribution in [1.29, 1.82) is 5.26 Å². The maximum Gasteiger partial charge on any atom is 0.179 e. The van der Waals surface area contributed by atoms with Gasteiger partial charge in [-0.15, -0.1) is 11.8 Å². The Hall–Kier alpha value is -1.19. The summed E-state index contributed by atoms with van der Waals surface area (Å²) in [5.74, 6) is 1.04. The van der Waals surface area contributed by atoms with Gasteiger partial charge in [0.25, 0.3) is 0 Å². The van der Waals surface area contributed by atoms with Crippen LogP contribution in [-0.2, 0) is 4.79 Å². The van der Waals surface area contributed by atoms with Gasteiger partial charge in [-0.25, -0.2) is 0 Å². The van der Waals surface area contributed by atoms with Crippen LogP contribution in [0.15, 0.2) is 29.8 Å². The largest absolute Gasteiger partial charge is 0.311 e. The number of carbonyl (C=O) groups is 1. The number of rotatable bonds is 5. The van der Waals surface area contributed by atoms with Crippen LogP contribution in [0.2, 0.25) is 10.0 Å². The number of ketones is 1. The van der Waals surface area contributed by atoms with E-state index in [0.717, 1.165) is 43.4 Å². The number of benzene rings is 1. The lowest BCUT2D eigenvalue weighted by Crippen LogP contribution is -2.47. The molecule has 2 fully saturated rings. The molecule has 0 aromatic heterocycles. The van der Waals surface area contributed by atoms with E-state index in [9.17, 15) is 4.79 Å². The summed E-state index contributed by atoms with van der Waals surface area (Å²) in [5, 5.41) is 13.8. The highest BCUT2D eigenvalue weighted by Gasteiger charge is 2.45. The molecule has 1 heterocycles. The topological polar surface area (TPSA) is 56.1 Å². The van der Waals surface area contributed by atoms with Crippen molar-refractivity contribution in [2.75, 3.05) is 12.8 Å². The molecule has 1 saturated carbocycles. The van der Waals surface area contributed by atoms with Crippen LogP contribution < -0.4 is 5.32 Å². The van der Waals surface area contributed by atoms with Crippen molar-refractivity contribution in [3.8, 4) is 6.19 Å². The molecule has 7 heteroatoms. The highest BCUT2D eigenvalue weighted by atomic mass is 35.5. The summed E-state index contributed by atoms with van der Waals surface area (Å²) in [7, 11) is 1.88. The number of allylic oxidation sites excluding steroid dienone is 2. The minimum Gasteiger partial charge on any atom is -0.311 e. The third kappa shape index (κ3) is 4.67. The summed E-state index contributed by atoms with van der Waals surface area (Å²) in [6.07, 6.45) is 11.6. The minimum atomic E-state index is -0.137. The predicted octanol–water partition coefficient (Wildman–Crippen LogP) is 5.72. The van der Waals surface area contributed by atoms with E-state index in [2.05, 4.69) is 17.6 Å². The average Bonchev–Trinajstić information content (AvgIpc) is 3.08. The number of Topliss-reactive ketones (excluding diaryl/α,β-unsaturated/α-hetero) is 1. The SMILES string of the molecule is CN(C#N)C1CC2(CCC=C(CC(=O)C3CSC(c4ccc(Cl)cc4Cl)N3)CC2)C1. The monoisotopic (exact) mass is 463 g/mol. The standard InChI is InChI=1S/C23H27Cl2N3OS/c1-28(14-26)17-11-23(12-17)7-2-3-15(6-8-23)9-21(29)20-13-30-22(27-20)18-5-4-16(24)10-19(18)25/h3-5,10,17,20,22,27H,2,6-9,11-13H2,1H3. The molecular weight excluding hydrogens is 437 g/mol. The van der Waals surface area contributed by atoms with Crippen molar-refractivity contribution in [1.82, 2.24) is 10.2 Å². The van der Waals surface area contributed by atoms with Gasteiger partial charge in [-0.1, -0.05) is 40.9 Å². The van der Waals surface area contributed by atoms with E-state index in [1.807, 2.05) is 19.2 Å². The highest BCUT2D eigenvalue weighted by Crippen LogP contribution is 2.52. The number of halogens is 2. The maximum atomic E-state index is 13.0. The van der Waals surface area contributed by atoms with Crippen LogP contribution in [0.3, 0.4) is 0 Å². The van der Waals surface area contributed by atoms with Crippen LogP contribution >= 0.6 is 35.0 Å². The number of carbonyl (C=O) groups excluding carboxylic acids is 1. The lowest BCUT2D eigenvalue weighted by Gasteiger charge is -2.49. The van der Waals surface area contributed by atoms with Gasteiger partial charge in [-0.05, 0) is 61.6 Å². The molecule has 30 heavy (non-hydrogen) atoms. The lowest BCUT2D eigenvalue weighted by molar-refractivity contribution is -0.119. The van der Waals surface area contributed by atoms with Gasteiger partial charge in [0.15, 0.2) is 12.0 Å². The first-order chi connectivity index (χ1) is 14.4. The van der Waals surface area contributed by atoms with Crippen LogP contribution in [0.4, 0.5) is 0 Å². The van der Waals surface area contributed by atoms with Crippen molar-refractivity contribution in [2.24, 2.45) is 5.41 Å².